The van der Waals surface area contributed by atoms with Gasteiger partial charge in [-0.25, -0.2) is 4.99 Å². The lowest BCUT2D eigenvalue weighted by Crippen LogP contribution is -2.19. The molecule has 2 N–H and O–H groups in total. The molecule has 2 aromatic carbocycles. The lowest BCUT2D eigenvalue weighted by molar-refractivity contribution is -0.115. The summed E-state index contributed by atoms with van der Waals surface area (Å²) in [5.74, 6) is 0.150. The summed E-state index contributed by atoms with van der Waals surface area (Å²) in [6, 6.07) is 9.41. The average molecular weight is 433 g/mol. The van der Waals surface area contributed by atoms with Gasteiger partial charge in [0.1, 0.15) is 0 Å². The van der Waals surface area contributed by atoms with E-state index in [9.17, 15) is 9.90 Å². The van der Waals surface area contributed by atoms with E-state index in [2.05, 4.69) is 26.2 Å². The minimum Gasteiger partial charge on any atom is -0.503 e. The Morgan fingerprint density at radius 1 is 1.27 bits per heavy atom. The third-order valence-corrected chi connectivity index (χ3v) is 5.32. The molecule has 3 rings (SSSR count). The zero-order valence-corrected chi connectivity index (χ0v) is 16.9. The molecular formula is C19H17BrN2O3S. The largest absolute Gasteiger partial charge is 0.503 e. The Morgan fingerprint density at radius 3 is 2.77 bits per heavy atom. The summed E-state index contributed by atoms with van der Waals surface area (Å²) in [6.45, 7) is 3.99. The van der Waals surface area contributed by atoms with E-state index in [-0.39, 0.29) is 11.7 Å². The van der Waals surface area contributed by atoms with Gasteiger partial charge in [0.05, 0.1) is 22.2 Å². The predicted octanol–water partition coefficient (Wildman–Crippen LogP) is 4.67. The Balaban J connectivity index is 1.91. The van der Waals surface area contributed by atoms with Gasteiger partial charge in [0.15, 0.2) is 16.7 Å². The summed E-state index contributed by atoms with van der Waals surface area (Å²) in [5, 5.41) is 13.2. The number of carbonyl (C=O) groups excluding carboxylic acids is 1. The molecule has 0 radical (unpaired) electrons. The van der Waals surface area contributed by atoms with Crippen LogP contribution in [-0.2, 0) is 4.79 Å². The Bertz CT molecular complexity index is 954. The maximum atomic E-state index is 12.3. The second-order valence-electron chi connectivity index (χ2n) is 5.83. The van der Waals surface area contributed by atoms with Crippen molar-refractivity contribution >= 4 is 50.5 Å². The number of aliphatic imine (C=N–C) groups is 1. The van der Waals surface area contributed by atoms with E-state index in [4.69, 9.17) is 4.74 Å². The normalized spacial score (nSPS) is 17.0. The number of benzene rings is 2. The quantitative estimate of drug-likeness (QED) is 0.691. The number of amides is 1. The molecular weight excluding hydrogens is 416 g/mol. The number of methoxy groups -OCH3 is 1. The van der Waals surface area contributed by atoms with Crippen molar-refractivity contribution in [1.29, 1.82) is 0 Å². The highest BCUT2D eigenvalue weighted by Crippen LogP contribution is 2.37. The van der Waals surface area contributed by atoms with Gasteiger partial charge in [-0.1, -0.05) is 12.1 Å². The highest BCUT2D eigenvalue weighted by atomic mass is 79.9. The van der Waals surface area contributed by atoms with E-state index in [0.29, 0.717) is 20.3 Å². The number of hydrogen-bond donors (Lipinski definition) is 2. The van der Waals surface area contributed by atoms with Gasteiger partial charge in [0, 0.05) is 0 Å². The van der Waals surface area contributed by atoms with Crippen LogP contribution in [0.4, 0.5) is 5.69 Å². The molecule has 1 fully saturated rings. The van der Waals surface area contributed by atoms with Crippen LogP contribution in [0.3, 0.4) is 0 Å². The number of ether oxygens (including phenoxy) is 1. The van der Waals surface area contributed by atoms with Crippen molar-refractivity contribution in [1.82, 2.24) is 5.32 Å². The van der Waals surface area contributed by atoms with Gasteiger partial charge in [-0.15, -0.1) is 0 Å². The molecule has 0 bridgehead atoms. The number of thioether (sulfide) groups is 1. The molecule has 0 unspecified atom stereocenters. The molecule has 2 aromatic rings. The minimum absolute atomic E-state index is 0.0235. The van der Waals surface area contributed by atoms with Crippen LogP contribution in [0.5, 0.6) is 11.5 Å². The summed E-state index contributed by atoms with van der Waals surface area (Å²) in [7, 11) is 1.48. The fourth-order valence-electron chi connectivity index (χ4n) is 2.41. The Labute approximate surface area is 164 Å². The number of rotatable bonds is 3. The van der Waals surface area contributed by atoms with Crippen molar-refractivity contribution < 1.29 is 14.6 Å². The van der Waals surface area contributed by atoms with Crippen molar-refractivity contribution in [2.45, 2.75) is 13.8 Å². The summed E-state index contributed by atoms with van der Waals surface area (Å²) in [4.78, 5) is 17.3. The molecule has 1 aliphatic rings. The number of aryl methyl sites for hydroxylation is 2. The van der Waals surface area contributed by atoms with E-state index < -0.39 is 0 Å². The number of amidine groups is 1. The van der Waals surface area contributed by atoms with Crippen LogP contribution in [-0.4, -0.2) is 23.3 Å². The highest BCUT2D eigenvalue weighted by molar-refractivity contribution is 9.10. The monoisotopic (exact) mass is 432 g/mol. The van der Waals surface area contributed by atoms with Crippen molar-refractivity contribution in [2.75, 3.05) is 7.11 Å². The minimum atomic E-state index is -0.206. The molecule has 0 atom stereocenters. The first-order valence-electron chi connectivity index (χ1n) is 7.80. The second-order valence-corrected chi connectivity index (χ2v) is 7.71. The van der Waals surface area contributed by atoms with E-state index in [1.807, 2.05) is 32.0 Å². The first-order valence-corrected chi connectivity index (χ1v) is 9.41. The van der Waals surface area contributed by atoms with Crippen molar-refractivity contribution in [3.63, 3.8) is 0 Å². The van der Waals surface area contributed by atoms with Crippen LogP contribution < -0.4 is 10.1 Å². The van der Waals surface area contributed by atoms with Crippen LogP contribution in [0, 0.1) is 13.8 Å². The second kappa shape index (κ2) is 7.55. The van der Waals surface area contributed by atoms with Gasteiger partial charge in [0.2, 0.25) is 0 Å². The number of carbonyl (C=O) groups is 1. The van der Waals surface area contributed by atoms with Crippen molar-refractivity contribution in [3.8, 4) is 11.5 Å². The van der Waals surface area contributed by atoms with E-state index in [1.165, 1.54) is 18.9 Å². The molecule has 1 amide bonds. The zero-order valence-electron chi connectivity index (χ0n) is 14.5. The number of aromatic hydroxyl groups is 1. The summed E-state index contributed by atoms with van der Waals surface area (Å²) < 4.78 is 5.64. The molecule has 134 valence electrons. The first kappa shape index (κ1) is 18.5. The summed E-state index contributed by atoms with van der Waals surface area (Å²) in [5.41, 5.74) is 3.73. The van der Waals surface area contributed by atoms with Gasteiger partial charge in [-0.3, -0.25) is 4.79 Å². The molecule has 1 aliphatic heterocycles. The molecule has 26 heavy (non-hydrogen) atoms. The smallest absolute Gasteiger partial charge is 0.264 e. The summed E-state index contributed by atoms with van der Waals surface area (Å²) in [6.07, 6.45) is 1.73. The van der Waals surface area contributed by atoms with Crippen LogP contribution in [0.15, 0.2) is 44.7 Å². The molecule has 0 aromatic heterocycles. The SMILES string of the molecule is COc1cc(/C=C2\SC(=Nc3cc(C)ccc3C)NC2=O)cc(Br)c1O. The van der Waals surface area contributed by atoms with Gasteiger partial charge in [-0.05, 0) is 82.5 Å². The van der Waals surface area contributed by atoms with Crippen LogP contribution in [0.2, 0.25) is 0 Å². The van der Waals surface area contributed by atoms with E-state index >= 15 is 0 Å². The van der Waals surface area contributed by atoms with Gasteiger partial charge in [-0.2, -0.15) is 0 Å². The predicted molar refractivity (Wildman–Crippen MR) is 109 cm³/mol. The Morgan fingerprint density at radius 2 is 2.04 bits per heavy atom. The molecule has 1 heterocycles. The maximum Gasteiger partial charge on any atom is 0.264 e. The number of halogens is 1. The topological polar surface area (TPSA) is 70.9 Å². The first-order chi connectivity index (χ1) is 12.4. The molecule has 0 spiro atoms. The van der Waals surface area contributed by atoms with Crippen LogP contribution in [0.25, 0.3) is 6.08 Å². The molecule has 7 heteroatoms. The molecule has 5 nitrogen and oxygen atoms in total. The fourth-order valence-corrected chi connectivity index (χ4v) is 3.71. The van der Waals surface area contributed by atoms with E-state index in [1.54, 1.807) is 18.2 Å². The Kier molecular flexibility index (Phi) is 5.38. The lowest BCUT2D eigenvalue weighted by atomic mass is 10.1. The van der Waals surface area contributed by atoms with Crippen molar-refractivity contribution in [3.05, 3.63) is 56.4 Å². The fraction of sp³-hybridized carbons (Fsp3) is 0.158. The highest BCUT2D eigenvalue weighted by Gasteiger charge is 2.24. The van der Waals surface area contributed by atoms with Crippen LogP contribution in [0.1, 0.15) is 16.7 Å². The maximum absolute atomic E-state index is 12.3. The zero-order chi connectivity index (χ0) is 18.8. The standard InChI is InChI=1S/C19H17BrN2O3S/c1-10-4-5-11(2)14(6-10)21-19-22-18(24)16(26-19)9-12-7-13(20)17(23)15(8-12)25-3/h4-9,23H,1-3H3,(H,21,22,24)/b16-9-. The van der Waals surface area contributed by atoms with Crippen molar-refractivity contribution in [2.24, 2.45) is 4.99 Å². The van der Waals surface area contributed by atoms with E-state index in [0.717, 1.165) is 22.4 Å². The molecule has 0 saturated carbocycles. The number of nitrogens with zero attached hydrogens (tertiary/aromatic N) is 1. The molecule has 0 aliphatic carbocycles. The summed E-state index contributed by atoms with van der Waals surface area (Å²) >= 11 is 4.56. The van der Waals surface area contributed by atoms with Gasteiger partial charge in [0.25, 0.3) is 5.91 Å². The Hall–Kier alpha value is -2.25. The number of phenols is 1. The number of hydrogen-bond acceptors (Lipinski definition) is 5. The average Bonchev–Trinajstić information content (AvgIpc) is 2.93. The van der Waals surface area contributed by atoms with Crippen LogP contribution >= 0.6 is 27.7 Å². The van der Waals surface area contributed by atoms with Gasteiger partial charge < -0.3 is 15.2 Å². The number of phenolic OH excluding ortho intramolecular Hbond substituents is 1. The molecule has 1 saturated heterocycles. The van der Waals surface area contributed by atoms with Gasteiger partial charge >= 0.3 is 0 Å². The third kappa shape index (κ3) is 3.94. The lowest BCUT2D eigenvalue weighted by Gasteiger charge is -2.06. The number of nitrogens with one attached hydrogen (secondary N) is 1. The third-order valence-electron chi connectivity index (χ3n) is 3.81.